The molecule has 2 heteroatoms. The predicted octanol–water partition coefficient (Wildman–Crippen LogP) is 4.60. The summed E-state index contributed by atoms with van der Waals surface area (Å²) in [5.41, 5.74) is 2.73. The van der Waals surface area contributed by atoms with Crippen LogP contribution < -0.4 is 0 Å². The van der Waals surface area contributed by atoms with Crippen LogP contribution in [-0.4, -0.2) is 16.2 Å². The van der Waals surface area contributed by atoms with E-state index >= 15 is 0 Å². The Hall–Kier alpha value is -1.15. The first-order chi connectivity index (χ1) is 10.3. The lowest BCUT2D eigenvalue weighted by molar-refractivity contribution is 0.113. The number of allylic oxidation sites excluding steroid dienone is 1. The van der Waals surface area contributed by atoms with E-state index in [0.717, 1.165) is 37.3 Å². The average molecular weight is 285 g/mol. The van der Waals surface area contributed by atoms with E-state index in [9.17, 15) is 5.11 Å². The minimum Gasteiger partial charge on any atom is -0.393 e. The quantitative estimate of drug-likeness (QED) is 0.880. The van der Waals surface area contributed by atoms with Crippen molar-refractivity contribution < 1.29 is 5.11 Å². The lowest BCUT2D eigenvalue weighted by atomic mass is 9.73. The summed E-state index contributed by atoms with van der Waals surface area (Å²) < 4.78 is 0. The van der Waals surface area contributed by atoms with Gasteiger partial charge >= 0.3 is 0 Å². The number of nitrogens with zero attached hydrogens (tertiary/aromatic N) is 1. The van der Waals surface area contributed by atoms with Gasteiger partial charge < -0.3 is 5.11 Å². The molecule has 0 saturated heterocycles. The Morgan fingerprint density at radius 2 is 1.67 bits per heavy atom. The van der Waals surface area contributed by atoms with Gasteiger partial charge in [-0.25, -0.2) is 0 Å². The van der Waals surface area contributed by atoms with Crippen molar-refractivity contribution in [2.45, 2.75) is 63.9 Å². The highest BCUT2D eigenvalue weighted by Gasteiger charge is 2.28. The standard InChI is InChI=1S/C19H27NO/c21-18-11-9-16(10-12-18)19(15-6-2-1-3-7-15)14-17-8-4-5-13-20-17/h4-5,8,13-16,18,21H,1-3,6-7,9-12H2/b19-14+. The molecule has 2 aliphatic rings. The third-order valence-corrected chi connectivity index (χ3v) is 5.25. The molecule has 0 unspecified atom stereocenters. The number of hydrogen-bond donors (Lipinski definition) is 1. The molecule has 1 heterocycles. The van der Waals surface area contributed by atoms with Gasteiger partial charge in [0.2, 0.25) is 0 Å². The zero-order chi connectivity index (χ0) is 14.5. The molecule has 2 saturated carbocycles. The number of aromatic nitrogens is 1. The maximum Gasteiger partial charge on any atom is 0.0629 e. The highest BCUT2D eigenvalue weighted by molar-refractivity contribution is 5.50. The Bertz CT molecular complexity index is 454. The van der Waals surface area contributed by atoms with Gasteiger partial charge in [-0.05, 0) is 68.6 Å². The van der Waals surface area contributed by atoms with E-state index in [1.807, 2.05) is 12.3 Å². The van der Waals surface area contributed by atoms with Crippen LogP contribution in [0.2, 0.25) is 0 Å². The molecule has 0 aromatic carbocycles. The maximum absolute atomic E-state index is 9.78. The fraction of sp³-hybridized carbons (Fsp3) is 0.632. The first-order valence-corrected chi connectivity index (χ1v) is 8.63. The summed E-state index contributed by atoms with van der Waals surface area (Å²) in [6.07, 6.45) is 15.3. The molecule has 114 valence electrons. The van der Waals surface area contributed by atoms with Crippen molar-refractivity contribution in [1.82, 2.24) is 4.98 Å². The smallest absolute Gasteiger partial charge is 0.0629 e. The molecule has 0 atom stereocenters. The predicted molar refractivity (Wildman–Crippen MR) is 86.8 cm³/mol. The van der Waals surface area contributed by atoms with Gasteiger partial charge in [0.05, 0.1) is 11.8 Å². The Balaban J connectivity index is 1.81. The van der Waals surface area contributed by atoms with Crippen LogP contribution in [-0.2, 0) is 0 Å². The number of aliphatic hydroxyl groups excluding tert-OH is 1. The van der Waals surface area contributed by atoms with Crippen molar-refractivity contribution in [1.29, 1.82) is 0 Å². The van der Waals surface area contributed by atoms with Crippen LogP contribution >= 0.6 is 0 Å². The lowest BCUT2D eigenvalue weighted by Crippen LogP contribution is -2.23. The van der Waals surface area contributed by atoms with Gasteiger partial charge in [0, 0.05) is 6.20 Å². The van der Waals surface area contributed by atoms with E-state index in [4.69, 9.17) is 0 Å². The first-order valence-electron chi connectivity index (χ1n) is 8.63. The Labute approximate surface area is 128 Å². The van der Waals surface area contributed by atoms with Crippen LogP contribution in [0, 0.1) is 11.8 Å². The third-order valence-electron chi connectivity index (χ3n) is 5.25. The second-order valence-corrected chi connectivity index (χ2v) is 6.74. The van der Waals surface area contributed by atoms with E-state index in [2.05, 4.69) is 23.2 Å². The van der Waals surface area contributed by atoms with Gasteiger partial charge in [-0.3, -0.25) is 4.98 Å². The molecule has 0 spiro atoms. The molecule has 3 rings (SSSR count). The van der Waals surface area contributed by atoms with Crippen molar-refractivity contribution in [3.63, 3.8) is 0 Å². The number of hydrogen-bond acceptors (Lipinski definition) is 2. The van der Waals surface area contributed by atoms with Crippen molar-refractivity contribution in [3.8, 4) is 0 Å². The third kappa shape index (κ3) is 3.94. The van der Waals surface area contributed by atoms with Crippen molar-refractivity contribution >= 4 is 6.08 Å². The fourth-order valence-electron chi connectivity index (χ4n) is 4.05. The van der Waals surface area contributed by atoms with Crippen LogP contribution in [0.25, 0.3) is 6.08 Å². The van der Waals surface area contributed by atoms with Crippen LogP contribution in [0.3, 0.4) is 0 Å². The highest BCUT2D eigenvalue weighted by atomic mass is 16.3. The number of aliphatic hydroxyl groups is 1. The summed E-state index contributed by atoms with van der Waals surface area (Å²) in [6.45, 7) is 0. The molecule has 2 fully saturated rings. The summed E-state index contributed by atoms with van der Waals surface area (Å²) in [6, 6.07) is 6.16. The molecule has 2 aliphatic carbocycles. The van der Waals surface area contributed by atoms with Crippen LogP contribution in [0.1, 0.15) is 63.5 Å². The number of pyridine rings is 1. The SMILES string of the molecule is OC1CCC(/C(=C/c2ccccn2)C2CCCCC2)CC1. The zero-order valence-electron chi connectivity index (χ0n) is 12.9. The van der Waals surface area contributed by atoms with Gasteiger partial charge in [-0.2, -0.15) is 0 Å². The van der Waals surface area contributed by atoms with Crippen molar-refractivity contribution in [2.75, 3.05) is 0 Å². The largest absolute Gasteiger partial charge is 0.393 e. The van der Waals surface area contributed by atoms with Crippen molar-refractivity contribution in [2.24, 2.45) is 11.8 Å². The van der Waals surface area contributed by atoms with E-state index in [-0.39, 0.29) is 6.10 Å². The van der Waals surface area contributed by atoms with Gasteiger partial charge in [0.15, 0.2) is 0 Å². The summed E-state index contributed by atoms with van der Waals surface area (Å²) >= 11 is 0. The van der Waals surface area contributed by atoms with E-state index < -0.39 is 0 Å². The van der Waals surface area contributed by atoms with Gasteiger partial charge in [0.1, 0.15) is 0 Å². The molecule has 1 aromatic heterocycles. The molecule has 0 amide bonds. The number of rotatable bonds is 3. The molecular weight excluding hydrogens is 258 g/mol. The van der Waals surface area contributed by atoms with Gasteiger partial charge in [-0.15, -0.1) is 0 Å². The van der Waals surface area contributed by atoms with E-state index in [1.54, 1.807) is 5.57 Å². The van der Waals surface area contributed by atoms with Crippen LogP contribution in [0.15, 0.2) is 30.0 Å². The Morgan fingerprint density at radius 3 is 2.33 bits per heavy atom. The normalized spacial score (nSPS) is 28.5. The first kappa shape index (κ1) is 14.8. The summed E-state index contributed by atoms with van der Waals surface area (Å²) in [4.78, 5) is 4.50. The minimum atomic E-state index is -0.0660. The second kappa shape index (κ2) is 7.22. The Morgan fingerprint density at radius 1 is 0.952 bits per heavy atom. The summed E-state index contributed by atoms with van der Waals surface area (Å²) in [7, 11) is 0. The zero-order valence-corrected chi connectivity index (χ0v) is 12.9. The van der Waals surface area contributed by atoms with Crippen LogP contribution in [0.5, 0.6) is 0 Å². The molecule has 21 heavy (non-hydrogen) atoms. The van der Waals surface area contributed by atoms with Crippen LogP contribution in [0.4, 0.5) is 0 Å². The summed E-state index contributed by atoms with van der Waals surface area (Å²) in [5, 5.41) is 9.78. The fourth-order valence-corrected chi connectivity index (χ4v) is 4.05. The summed E-state index contributed by atoms with van der Waals surface area (Å²) in [5.74, 6) is 1.42. The molecule has 0 bridgehead atoms. The topological polar surface area (TPSA) is 33.1 Å². The highest BCUT2D eigenvalue weighted by Crippen LogP contribution is 2.40. The average Bonchev–Trinajstić information content (AvgIpc) is 2.55. The monoisotopic (exact) mass is 285 g/mol. The molecule has 0 radical (unpaired) electrons. The van der Waals surface area contributed by atoms with Gasteiger partial charge in [-0.1, -0.05) is 30.9 Å². The van der Waals surface area contributed by atoms with E-state index in [1.165, 1.54) is 32.1 Å². The molecular formula is C19H27NO. The maximum atomic E-state index is 9.78. The molecule has 1 N–H and O–H groups in total. The van der Waals surface area contributed by atoms with E-state index in [0.29, 0.717) is 5.92 Å². The lowest BCUT2D eigenvalue weighted by Gasteiger charge is -2.34. The minimum absolute atomic E-state index is 0.0660. The second-order valence-electron chi connectivity index (χ2n) is 6.74. The Kier molecular flexibility index (Phi) is 5.08. The van der Waals surface area contributed by atoms with Crippen molar-refractivity contribution in [3.05, 3.63) is 35.7 Å². The van der Waals surface area contributed by atoms with Gasteiger partial charge in [0.25, 0.3) is 0 Å². The molecule has 1 aromatic rings. The molecule has 0 aliphatic heterocycles. The molecule has 2 nitrogen and oxygen atoms in total.